The average molecular weight is 488 g/mol. The summed E-state index contributed by atoms with van der Waals surface area (Å²) in [5.74, 6) is 0.487. The Bertz CT molecular complexity index is 1050. The van der Waals surface area contributed by atoms with Gasteiger partial charge < -0.3 is 4.90 Å². The maximum absolute atomic E-state index is 13.4. The fourth-order valence-corrected chi connectivity index (χ4v) is 5.74. The Hall–Kier alpha value is -2.66. The molecule has 0 radical (unpaired) electrons. The van der Waals surface area contributed by atoms with Crippen LogP contribution < -0.4 is 0 Å². The van der Waals surface area contributed by atoms with Crippen molar-refractivity contribution in [2.45, 2.75) is 25.4 Å². The SMILES string of the molecule is O=C(C1CCN(Cc2ccccc2Cl)CC1)N1CCN(C(c2ccccc2)c2ccccc2)CC1. The van der Waals surface area contributed by atoms with Gasteiger partial charge in [-0.1, -0.05) is 90.5 Å². The number of likely N-dealkylation sites (tertiary alicyclic amines) is 1. The standard InChI is InChI=1S/C30H34ClN3O/c31-28-14-8-7-13-27(28)23-32-17-15-26(16-18-32)30(35)34-21-19-33(20-22-34)29(24-9-3-1-4-10-24)25-11-5-2-6-12-25/h1-14,26,29H,15-23H2. The lowest BCUT2D eigenvalue weighted by atomic mass is 9.94. The molecule has 0 saturated carbocycles. The normalized spacial score (nSPS) is 18.2. The van der Waals surface area contributed by atoms with Crippen molar-refractivity contribution in [1.29, 1.82) is 0 Å². The van der Waals surface area contributed by atoms with Gasteiger partial charge in [-0.25, -0.2) is 0 Å². The minimum atomic E-state index is 0.142. The molecular formula is C30H34ClN3O. The summed E-state index contributed by atoms with van der Waals surface area (Å²) in [4.78, 5) is 20.4. The summed E-state index contributed by atoms with van der Waals surface area (Å²) < 4.78 is 0. The number of hydrogen-bond donors (Lipinski definition) is 0. The van der Waals surface area contributed by atoms with Crippen LogP contribution in [-0.4, -0.2) is 59.9 Å². The van der Waals surface area contributed by atoms with Crippen molar-refractivity contribution < 1.29 is 4.79 Å². The first kappa shape index (κ1) is 24.1. The number of rotatable bonds is 6. The quantitative estimate of drug-likeness (QED) is 0.460. The van der Waals surface area contributed by atoms with Gasteiger partial charge in [0.1, 0.15) is 0 Å². The van der Waals surface area contributed by atoms with Gasteiger partial charge in [-0.15, -0.1) is 0 Å². The van der Waals surface area contributed by atoms with Crippen LogP contribution in [0.2, 0.25) is 5.02 Å². The van der Waals surface area contributed by atoms with Crippen LogP contribution in [0, 0.1) is 5.92 Å². The van der Waals surface area contributed by atoms with Gasteiger partial charge in [-0.3, -0.25) is 14.6 Å². The number of hydrogen-bond acceptors (Lipinski definition) is 3. The maximum atomic E-state index is 13.4. The molecule has 3 aromatic rings. The molecule has 35 heavy (non-hydrogen) atoms. The molecule has 3 aromatic carbocycles. The Labute approximate surface area is 214 Å². The number of nitrogens with zero attached hydrogens (tertiary/aromatic N) is 3. The van der Waals surface area contributed by atoms with E-state index in [-0.39, 0.29) is 12.0 Å². The molecule has 5 heteroatoms. The number of amides is 1. The van der Waals surface area contributed by atoms with Gasteiger partial charge in [0, 0.05) is 43.7 Å². The highest BCUT2D eigenvalue weighted by Gasteiger charge is 2.32. The Balaban J connectivity index is 1.16. The molecule has 0 aromatic heterocycles. The monoisotopic (exact) mass is 487 g/mol. The van der Waals surface area contributed by atoms with Crippen LogP contribution >= 0.6 is 11.6 Å². The zero-order chi connectivity index (χ0) is 24.0. The van der Waals surface area contributed by atoms with Gasteiger partial charge in [-0.2, -0.15) is 0 Å². The van der Waals surface area contributed by atoms with Crippen molar-refractivity contribution in [2.24, 2.45) is 5.92 Å². The van der Waals surface area contributed by atoms with E-state index in [1.54, 1.807) is 0 Å². The predicted molar refractivity (Wildman–Crippen MR) is 142 cm³/mol. The second kappa shape index (κ2) is 11.4. The number of piperidine rings is 1. The van der Waals surface area contributed by atoms with Crippen molar-refractivity contribution in [3.8, 4) is 0 Å². The fourth-order valence-electron chi connectivity index (χ4n) is 5.55. The molecule has 0 spiro atoms. The number of halogens is 1. The van der Waals surface area contributed by atoms with E-state index < -0.39 is 0 Å². The number of piperazine rings is 1. The predicted octanol–water partition coefficient (Wildman–Crippen LogP) is 5.49. The molecule has 2 saturated heterocycles. The Morgan fingerprint density at radius 1 is 0.743 bits per heavy atom. The van der Waals surface area contributed by atoms with Crippen LogP contribution in [0.3, 0.4) is 0 Å². The van der Waals surface area contributed by atoms with Crippen molar-refractivity contribution in [1.82, 2.24) is 14.7 Å². The molecule has 5 rings (SSSR count). The molecule has 0 atom stereocenters. The molecule has 2 heterocycles. The van der Waals surface area contributed by atoms with E-state index in [9.17, 15) is 4.79 Å². The Morgan fingerprint density at radius 2 is 1.29 bits per heavy atom. The summed E-state index contributed by atoms with van der Waals surface area (Å²) in [6, 6.07) is 29.7. The van der Waals surface area contributed by atoms with Crippen molar-refractivity contribution >= 4 is 17.5 Å². The highest BCUT2D eigenvalue weighted by Crippen LogP contribution is 2.30. The van der Waals surface area contributed by atoms with Crippen molar-refractivity contribution in [3.63, 3.8) is 0 Å². The minimum Gasteiger partial charge on any atom is -0.340 e. The largest absolute Gasteiger partial charge is 0.340 e. The van der Waals surface area contributed by atoms with Gasteiger partial charge in [0.15, 0.2) is 0 Å². The lowest BCUT2D eigenvalue weighted by Gasteiger charge is -2.41. The summed E-state index contributed by atoms with van der Waals surface area (Å²) in [6.07, 6.45) is 1.86. The molecule has 2 aliphatic heterocycles. The minimum absolute atomic E-state index is 0.142. The third-order valence-electron chi connectivity index (χ3n) is 7.51. The summed E-state index contributed by atoms with van der Waals surface area (Å²) in [5, 5.41) is 0.827. The lowest BCUT2D eigenvalue weighted by Crippen LogP contribution is -2.52. The topological polar surface area (TPSA) is 26.8 Å². The van der Waals surface area contributed by atoms with Crippen LogP contribution in [0.1, 0.15) is 35.6 Å². The number of benzene rings is 3. The first-order valence-corrected chi connectivity index (χ1v) is 13.2. The highest BCUT2D eigenvalue weighted by atomic mass is 35.5. The molecule has 2 fully saturated rings. The van der Waals surface area contributed by atoms with E-state index in [0.717, 1.165) is 63.7 Å². The van der Waals surface area contributed by atoms with Crippen LogP contribution in [0.5, 0.6) is 0 Å². The van der Waals surface area contributed by atoms with Gasteiger partial charge in [-0.05, 0) is 48.7 Å². The van der Waals surface area contributed by atoms with Gasteiger partial charge in [0.2, 0.25) is 5.91 Å². The zero-order valence-corrected chi connectivity index (χ0v) is 21.0. The van der Waals surface area contributed by atoms with E-state index in [1.165, 1.54) is 16.7 Å². The third kappa shape index (κ3) is 5.78. The van der Waals surface area contributed by atoms with Crippen LogP contribution in [0.4, 0.5) is 0 Å². The molecule has 182 valence electrons. The fraction of sp³-hybridized carbons (Fsp3) is 0.367. The lowest BCUT2D eigenvalue weighted by molar-refractivity contribution is -0.139. The second-order valence-corrected chi connectivity index (χ2v) is 10.1. The second-order valence-electron chi connectivity index (χ2n) is 9.73. The molecule has 1 amide bonds. The molecule has 2 aliphatic rings. The molecule has 4 nitrogen and oxygen atoms in total. The van der Waals surface area contributed by atoms with Gasteiger partial charge in [0.05, 0.1) is 6.04 Å². The van der Waals surface area contributed by atoms with Crippen LogP contribution in [0.25, 0.3) is 0 Å². The number of carbonyl (C=O) groups is 1. The molecule has 0 unspecified atom stereocenters. The van der Waals surface area contributed by atoms with Crippen LogP contribution in [-0.2, 0) is 11.3 Å². The molecular weight excluding hydrogens is 454 g/mol. The van der Waals surface area contributed by atoms with Gasteiger partial charge in [0.25, 0.3) is 0 Å². The summed E-state index contributed by atoms with van der Waals surface area (Å²) >= 11 is 6.34. The average Bonchev–Trinajstić information content (AvgIpc) is 2.92. The summed E-state index contributed by atoms with van der Waals surface area (Å²) in [7, 11) is 0. The van der Waals surface area contributed by atoms with E-state index >= 15 is 0 Å². The summed E-state index contributed by atoms with van der Waals surface area (Å²) in [6.45, 7) is 6.15. The van der Waals surface area contributed by atoms with E-state index in [1.807, 2.05) is 18.2 Å². The Morgan fingerprint density at radius 3 is 1.86 bits per heavy atom. The first-order valence-electron chi connectivity index (χ1n) is 12.8. The van der Waals surface area contributed by atoms with E-state index in [4.69, 9.17) is 11.6 Å². The van der Waals surface area contributed by atoms with Crippen LogP contribution in [0.15, 0.2) is 84.9 Å². The van der Waals surface area contributed by atoms with E-state index in [0.29, 0.717) is 5.91 Å². The maximum Gasteiger partial charge on any atom is 0.225 e. The summed E-state index contributed by atoms with van der Waals surface area (Å²) in [5.41, 5.74) is 3.79. The van der Waals surface area contributed by atoms with Crippen molar-refractivity contribution in [2.75, 3.05) is 39.3 Å². The highest BCUT2D eigenvalue weighted by molar-refractivity contribution is 6.31. The van der Waals surface area contributed by atoms with E-state index in [2.05, 4.69) is 81.4 Å². The molecule has 0 bridgehead atoms. The molecule has 0 N–H and O–H groups in total. The Kier molecular flexibility index (Phi) is 7.82. The number of carbonyl (C=O) groups excluding carboxylic acids is 1. The van der Waals surface area contributed by atoms with Crippen molar-refractivity contribution in [3.05, 3.63) is 107 Å². The van der Waals surface area contributed by atoms with Gasteiger partial charge >= 0.3 is 0 Å². The molecule has 0 aliphatic carbocycles. The smallest absolute Gasteiger partial charge is 0.225 e. The third-order valence-corrected chi connectivity index (χ3v) is 7.88. The zero-order valence-electron chi connectivity index (χ0n) is 20.2. The first-order chi connectivity index (χ1) is 17.2.